The Hall–Kier alpha value is -3.13. The SMILES string of the molecule is FC(F)(F)c1ccc(C2(c3nnc4c(Oc5ccccc5Cl)nccn34)CC2)cc1. The van der Waals surface area contributed by atoms with Crippen molar-refractivity contribution in [2.24, 2.45) is 0 Å². The lowest BCUT2D eigenvalue weighted by molar-refractivity contribution is -0.137. The van der Waals surface area contributed by atoms with Crippen LogP contribution in [-0.2, 0) is 11.6 Å². The second-order valence-corrected chi connectivity index (χ2v) is 7.55. The largest absolute Gasteiger partial charge is 0.434 e. The first-order valence-electron chi connectivity index (χ1n) is 9.19. The molecular formula is C21H14ClF3N4O. The zero-order valence-electron chi connectivity index (χ0n) is 15.4. The third-order valence-corrected chi connectivity index (χ3v) is 5.59. The van der Waals surface area contributed by atoms with Crippen LogP contribution in [0.25, 0.3) is 5.65 Å². The molecule has 0 bridgehead atoms. The monoisotopic (exact) mass is 430 g/mol. The second-order valence-electron chi connectivity index (χ2n) is 7.14. The first kappa shape index (κ1) is 18.9. The van der Waals surface area contributed by atoms with Gasteiger partial charge in [0.15, 0.2) is 0 Å². The Kier molecular flexibility index (Phi) is 4.21. The normalized spacial score (nSPS) is 15.3. The summed E-state index contributed by atoms with van der Waals surface area (Å²) in [6.07, 6.45) is 0.445. The average molecular weight is 431 g/mol. The lowest BCUT2D eigenvalue weighted by Gasteiger charge is -2.15. The first-order valence-corrected chi connectivity index (χ1v) is 9.57. The molecule has 4 aromatic rings. The Morgan fingerprint density at radius 2 is 1.73 bits per heavy atom. The van der Waals surface area contributed by atoms with Crippen LogP contribution in [-0.4, -0.2) is 19.6 Å². The predicted molar refractivity (Wildman–Crippen MR) is 104 cm³/mol. The molecule has 0 atom stereocenters. The molecule has 2 aromatic carbocycles. The van der Waals surface area contributed by atoms with Crippen LogP contribution in [0.4, 0.5) is 13.2 Å². The molecule has 0 N–H and O–H groups in total. The molecule has 0 aliphatic heterocycles. The molecule has 0 saturated heterocycles. The summed E-state index contributed by atoms with van der Waals surface area (Å²) < 4.78 is 46.3. The first-order chi connectivity index (χ1) is 14.4. The van der Waals surface area contributed by atoms with E-state index in [1.54, 1.807) is 41.1 Å². The highest BCUT2D eigenvalue weighted by Crippen LogP contribution is 2.53. The molecular weight excluding hydrogens is 417 g/mol. The van der Waals surface area contributed by atoms with E-state index in [1.807, 2.05) is 0 Å². The van der Waals surface area contributed by atoms with Crippen molar-refractivity contribution in [1.82, 2.24) is 19.6 Å². The van der Waals surface area contributed by atoms with Gasteiger partial charge in [-0.1, -0.05) is 35.9 Å². The van der Waals surface area contributed by atoms with Crippen LogP contribution in [0, 0.1) is 0 Å². The maximum Gasteiger partial charge on any atom is 0.416 e. The number of alkyl halides is 3. The minimum atomic E-state index is -4.37. The quantitative estimate of drug-likeness (QED) is 0.418. The van der Waals surface area contributed by atoms with E-state index < -0.39 is 17.2 Å². The highest BCUT2D eigenvalue weighted by atomic mass is 35.5. The Morgan fingerprint density at radius 1 is 1.00 bits per heavy atom. The van der Waals surface area contributed by atoms with Crippen molar-refractivity contribution in [3.8, 4) is 11.6 Å². The minimum absolute atomic E-state index is 0.243. The number of fused-ring (bicyclic) bond motifs is 1. The van der Waals surface area contributed by atoms with Crippen molar-refractivity contribution in [1.29, 1.82) is 0 Å². The number of ether oxygens (including phenoxy) is 1. The number of benzene rings is 2. The highest BCUT2D eigenvalue weighted by Gasteiger charge is 2.50. The number of rotatable bonds is 4. The van der Waals surface area contributed by atoms with Crippen LogP contribution in [0.1, 0.15) is 29.8 Å². The van der Waals surface area contributed by atoms with Gasteiger partial charge in [-0.3, -0.25) is 4.40 Å². The Labute approximate surface area is 174 Å². The number of aromatic nitrogens is 4. The zero-order chi connectivity index (χ0) is 20.9. The molecule has 1 aliphatic carbocycles. The Morgan fingerprint density at radius 3 is 2.40 bits per heavy atom. The Bertz CT molecular complexity index is 1230. The van der Waals surface area contributed by atoms with Crippen LogP contribution < -0.4 is 4.74 Å². The van der Waals surface area contributed by atoms with Crippen LogP contribution in [0.3, 0.4) is 0 Å². The van der Waals surface area contributed by atoms with Crippen LogP contribution in [0.15, 0.2) is 60.9 Å². The van der Waals surface area contributed by atoms with Gasteiger partial charge < -0.3 is 4.74 Å². The molecule has 1 aliphatic rings. The van der Waals surface area contributed by atoms with Gasteiger partial charge in [0.25, 0.3) is 5.88 Å². The van der Waals surface area contributed by atoms with Crippen molar-refractivity contribution in [2.75, 3.05) is 0 Å². The molecule has 152 valence electrons. The molecule has 0 amide bonds. The summed E-state index contributed by atoms with van der Waals surface area (Å²) in [6.45, 7) is 0. The van der Waals surface area contributed by atoms with Gasteiger partial charge in [0, 0.05) is 12.4 Å². The molecule has 2 heterocycles. The number of nitrogens with zero attached hydrogens (tertiary/aromatic N) is 4. The van der Waals surface area contributed by atoms with Gasteiger partial charge in [-0.2, -0.15) is 13.2 Å². The van der Waals surface area contributed by atoms with E-state index in [1.165, 1.54) is 12.1 Å². The van der Waals surface area contributed by atoms with E-state index >= 15 is 0 Å². The van der Waals surface area contributed by atoms with E-state index in [0.29, 0.717) is 22.2 Å². The van der Waals surface area contributed by atoms with Gasteiger partial charge in [0.2, 0.25) is 5.65 Å². The molecule has 0 radical (unpaired) electrons. The van der Waals surface area contributed by atoms with E-state index in [2.05, 4.69) is 15.2 Å². The van der Waals surface area contributed by atoms with Crippen molar-refractivity contribution < 1.29 is 17.9 Å². The lowest BCUT2D eigenvalue weighted by Crippen LogP contribution is -2.14. The average Bonchev–Trinajstić information content (AvgIpc) is 3.41. The summed E-state index contributed by atoms with van der Waals surface area (Å²) in [5.41, 5.74) is 0.0283. The molecule has 30 heavy (non-hydrogen) atoms. The molecule has 5 rings (SSSR count). The number of halogens is 4. The van der Waals surface area contributed by atoms with E-state index in [4.69, 9.17) is 16.3 Å². The lowest BCUT2D eigenvalue weighted by atomic mass is 9.94. The maximum absolute atomic E-state index is 12.9. The third-order valence-electron chi connectivity index (χ3n) is 5.28. The van der Waals surface area contributed by atoms with Gasteiger partial charge in [-0.15, -0.1) is 10.2 Å². The number of para-hydroxylation sites is 1. The van der Waals surface area contributed by atoms with Crippen LogP contribution in [0.5, 0.6) is 11.6 Å². The Balaban J connectivity index is 1.53. The summed E-state index contributed by atoms with van der Waals surface area (Å²) in [7, 11) is 0. The third kappa shape index (κ3) is 3.08. The highest BCUT2D eigenvalue weighted by molar-refractivity contribution is 6.32. The van der Waals surface area contributed by atoms with E-state index in [9.17, 15) is 13.2 Å². The summed E-state index contributed by atoms with van der Waals surface area (Å²) in [6, 6.07) is 12.2. The summed E-state index contributed by atoms with van der Waals surface area (Å²) in [4.78, 5) is 4.24. The molecule has 0 spiro atoms. The molecule has 5 nitrogen and oxygen atoms in total. The van der Waals surface area contributed by atoms with E-state index in [-0.39, 0.29) is 5.88 Å². The fraction of sp³-hybridized carbons (Fsp3) is 0.190. The summed E-state index contributed by atoms with van der Waals surface area (Å²) >= 11 is 6.16. The summed E-state index contributed by atoms with van der Waals surface area (Å²) in [5.74, 6) is 1.32. The molecule has 9 heteroatoms. The standard InChI is InChI=1S/C21H14ClF3N4O/c22-15-3-1-2-4-16(15)30-18-17-27-28-19(29(17)12-11-26-18)20(9-10-20)13-5-7-14(8-6-13)21(23,24)25/h1-8,11-12H,9-10H2. The second kappa shape index (κ2) is 6.70. The molecule has 0 unspecified atom stereocenters. The molecule has 1 saturated carbocycles. The molecule has 1 fully saturated rings. The summed E-state index contributed by atoms with van der Waals surface area (Å²) in [5, 5.41) is 9.01. The fourth-order valence-corrected chi connectivity index (χ4v) is 3.75. The van der Waals surface area contributed by atoms with Gasteiger partial charge in [0.05, 0.1) is 16.0 Å². The van der Waals surface area contributed by atoms with Gasteiger partial charge in [-0.05, 0) is 42.7 Å². The smallest absolute Gasteiger partial charge is 0.416 e. The van der Waals surface area contributed by atoms with E-state index in [0.717, 1.165) is 30.5 Å². The van der Waals surface area contributed by atoms with Crippen molar-refractivity contribution in [2.45, 2.75) is 24.4 Å². The van der Waals surface area contributed by atoms with Gasteiger partial charge in [-0.25, -0.2) is 4.98 Å². The van der Waals surface area contributed by atoms with Crippen LogP contribution in [0.2, 0.25) is 5.02 Å². The van der Waals surface area contributed by atoms with Gasteiger partial charge >= 0.3 is 6.18 Å². The zero-order valence-corrected chi connectivity index (χ0v) is 16.2. The van der Waals surface area contributed by atoms with Crippen molar-refractivity contribution >= 4 is 17.2 Å². The maximum atomic E-state index is 12.9. The molecule has 2 aromatic heterocycles. The number of hydrogen-bond donors (Lipinski definition) is 0. The topological polar surface area (TPSA) is 52.3 Å². The van der Waals surface area contributed by atoms with Crippen molar-refractivity contribution in [3.63, 3.8) is 0 Å². The minimum Gasteiger partial charge on any atom is -0.434 e. The van der Waals surface area contributed by atoms with Crippen LogP contribution >= 0.6 is 11.6 Å². The fourth-order valence-electron chi connectivity index (χ4n) is 3.58. The number of hydrogen-bond acceptors (Lipinski definition) is 4. The predicted octanol–water partition coefficient (Wildman–Crippen LogP) is 5.67. The van der Waals surface area contributed by atoms with Crippen molar-refractivity contribution in [3.05, 3.63) is 82.9 Å². The van der Waals surface area contributed by atoms with Gasteiger partial charge in [0.1, 0.15) is 11.6 Å².